The lowest BCUT2D eigenvalue weighted by molar-refractivity contribution is 0.240. The first-order valence-corrected chi connectivity index (χ1v) is 12.6. The van der Waals surface area contributed by atoms with E-state index in [0.29, 0.717) is 11.8 Å². The average molecular weight is 439 g/mol. The molecule has 4 rings (SSSR count). The van der Waals surface area contributed by atoms with Crippen molar-refractivity contribution in [3.05, 3.63) is 41.3 Å². The number of rotatable bonds is 6. The molecule has 0 amide bonds. The molecule has 6 heteroatoms. The largest absolute Gasteiger partial charge is 0.396 e. The summed E-state index contributed by atoms with van der Waals surface area (Å²) in [5.74, 6) is 3.00. The summed E-state index contributed by atoms with van der Waals surface area (Å²) in [6.45, 7) is 10.9. The first kappa shape index (κ1) is 22.2. The van der Waals surface area contributed by atoms with Gasteiger partial charge < -0.3 is 10.0 Å². The normalized spacial score (nSPS) is 15.4. The summed E-state index contributed by atoms with van der Waals surface area (Å²) < 4.78 is 2.25. The minimum atomic E-state index is 0.289. The highest BCUT2D eigenvalue weighted by atomic mass is 32.2. The number of thioether (sulfide) groups is 1. The molecule has 1 aliphatic heterocycles. The SMILES string of the molecule is CSc1cc(C(C)C)ccc1-n1cc(C)c2c(N3CCC(CCO)CC3)nc(C)nc21. The third-order valence-electron chi connectivity index (χ3n) is 6.51. The van der Waals surface area contributed by atoms with Crippen molar-refractivity contribution in [3.8, 4) is 5.69 Å². The van der Waals surface area contributed by atoms with Crippen LogP contribution in [0, 0.1) is 19.8 Å². The van der Waals surface area contributed by atoms with Gasteiger partial charge in [-0.3, -0.25) is 4.57 Å². The van der Waals surface area contributed by atoms with Crippen molar-refractivity contribution in [1.29, 1.82) is 0 Å². The molecule has 1 saturated heterocycles. The number of anilines is 1. The molecular weight excluding hydrogens is 404 g/mol. The van der Waals surface area contributed by atoms with Crippen molar-refractivity contribution in [1.82, 2.24) is 14.5 Å². The molecule has 1 aromatic carbocycles. The number of nitrogens with zero attached hydrogens (tertiary/aromatic N) is 4. The van der Waals surface area contributed by atoms with Crippen LogP contribution in [0.5, 0.6) is 0 Å². The van der Waals surface area contributed by atoms with Crippen molar-refractivity contribution in [3.63, 3.8) is 0 Å². The summed E-state index contributed by atoms with van der Waals surface area (Å²) in [5, 5.41) is 10.4. The lowest BCUT2D eigenvalue weighted by atomic mass is 9.94. The fourth-order valence-electron chi connectivity index (χ4n) is 4.67. The zero-order valence-electron chi connectivity index (χ0n) is 19.4. The predicted molar refractivity (Wildman–Crippen MR) is 131 cm³/mol. The molecule has 5 nitrogen and oxygen atoms in total. The van der Waals surface area contributed by atoms with Crippen molar-refractivity contribution >= 4 is 28.6 Å². The van der Waals surface area contributed by atoms with E-state index in [9.17, 15) is 5.11 Å². The van der Waals surface area contributed by atoms with E-state index in [1.54, 1.807) is 11.8 Å². The summed E-state index contributed by atoms with van der Waals surface area (Å²) in [6.07, 6.45) is 7.48. The molecule has 1 aliphatic rings. The second-order valence-corrected chi connectivity index (χ2v) is 9.85. The van der Waals surface area contributed by atoms with E-state index >= 15 is 0 Å². The maximum atomic E-state index is 9.28. The third kappa shape index (κ3) is 4.33. The Bertz CT molecular complexity index is 1070. The number of fused-ring (bicyclic) bond motifs is 1. The van der Waals surface area contributed by atoms with E-state index in [2.05, 4.69) is 60.9 Å². The Morgan fingerprint density at radius 2 is 1.90 bits per heavy atom. The fraction of sp³-hybridized carbons (Fsp3) is 0.520. The van der Waals surface area contributed by atoms with Crippen LogP contribution >= 0.6 is 11.8 Å². The molecule has 0 unspecified atom stereocenters. The van der Waals surface area contributed by atoms with E-state index < -0.39 is 0 Å². The topological polar surface area (TPSA) is 54.2 Å². The number of piperidine rings is 1. The quantitative estimate of drug-likeness (QED) is 0.516. The Labute approximate surface area is 189 Å². The molecule has 1 fully saturated rings. The number of hydrogen-bond donors (Lipinski definition) is 1. The highest BCUT2D eigenvalue weighted by Crippen LogP contribution is 2.36. The minimum Gasteiger partial charge on any atom is -0.396 e. The average Bonchev–Trinajstić information content (AvgIpc) is 3.09. The predicted octanol–water partition coefficient (Wildman–Crippen LogP) is 5.48. The first-order valence-electron chi connectivity index (χ1n) is 11.3. The molecule has 3 heterocycles. The molecular formula is C25H34N4OS. The van der Waals surface area contributed by atoms with Crippen molar-refractivity contribution in [2.45, 2.75) is 57.8 Å². The van der Waals surface area contributed by atoms with Crippen LogP contribution in [-0.2, 0) is 0 Å². The van der Waals surface area contributed by atoms with Gasteiger partial charge in [-0.1, -0.05) is 19.9 Å². The molecule has 0 aliphatic carbocycles. The lowest BCUT2D eigenvalue weighted by Gasteiger charge is -2.33. The summed E-state index contributed by atoms with van der Waals surface area (Å²) in [7, 11) is 0. The summed E-state index contributed by atoms with van der Waals surface area (Å²) in [4.78, 5) is 13.5. The van der Waals surface area contributed by atoms with Crippen LogP contribution in [0.25, 0.3) is 16.7 Å². The maximum absolute atomic E-state index is 9.28. The van der Waals surface area contributed by atoms with Crippen LogP contribution < -0.4 is 4.90 Å². The zero-order valence-corrected chi connectivity index (χ0v) is 20.2. The Kier molecular flexibility index (Phi) is 6.58. The van der Waals surface area contributed by atoms with Gasteiger partial charge in [0.15, 0.2) is 5.65 Å². The van der Waals surface area contributed by atoms with Crippen molar-refractivity contribution < 1.29 is 5.11 Å². The Morgan fingerprint density at radius 1 is 1.16 bits per heavy atom. The zero-order chi connectivity index (χ0) is 22.1. The summed E-state index contributed by atoms with van der Waals surface area (Å²) in [6, 6.07) is 6.78. The highest BCUT2D eigenvalue weighted by molar-refractivity contribution is 7.98. The number of aliphatic hydroxyl groups is 1. The van der Waals surface area contributed by atoms with Gasteiger partial charge in [-0.05, 0) is 74.5 Å². The summed E-state index contributed by atoms with van der Waals surface area (Å²) in [5.41, 5.74) is 4.74. The standard InChI is InChI=1S/C25H34N4OS/c1-16(2)20-6-7-21(22(14-20)31-5)29-15-17(3)23-24(26-18(4)27-25(23)29)28-11-8-19(9-12-28)10-13-30/h6-7,14-16,19,30H,8-13H2,1-5H3. The molecule has 0 radical (unpaired) electrons. The van der Waals surface area contributed by atoms with E-state index in [0.717, 1.165) is 55.0 Å². The minimum absolute atomic E-state index is 0.289. The van der Waals surface area contributed by atoms with E-state index in [1.165, 1.54) is 21.7 Å². The molecule has 0 spiro atoms. The van der Waals surface area contributed by atoms with Crippen LogP contribution in [0.4, 0.5) is 5.82 Å². The second-order valence-electron chi connectivity index (χ2n) is 9.00. The molecule has 1 N–H and O–H groups in total. The van der Waals surface area contributed by atoms with Crippen molar-refractivity contribution in [2.75, 3.05) is 30.9 Å². The van der Waals surface area contributed by atoms with Gasteiger partial charge in [0, 0.05) is 30.8 Å². The molecule has 31 heavy (non-hydrogen) atoms. The molecule has 0 saturated carbocycles. The van der Waals surface area contributed by atoms with E-state index in [4.69, 9.17) is 9.97 Å². The van der Waals surface area contributed by atoms with Crippen molar-refractivity contribution in [2.24, 2.45) is 5.92 Å². The molecule has 0 atom stereocenters. The van der Waals surface area contributed by atoms with Gasteiger partial charge in [0.05, 0.1) is 11.1 Å². The maximum Gasteiger partial charge on any atom is 0.150 e. The lowest BCUT2D eigenvalue weighted by Crippen LogP contribution is -2.34. The molecule has 0 bridgehead atoms. The van der Waals surface area contributed by atoms with Crippen LogP contribution in [0.3, 0.4) is 0 Å². The van der Waals surface area contributed by atoms with Gasteiger partial charge in [-0.25, -0.2) is 9.97 Å². The van der Waals surface area contributed by atoms with E-state index in [1.807, 2.05) is 6.92 Å². The van der Waals surface area contributed by atoms with E-state index in [-0.39, 0.29) is 6.61 Å². The highest BCUT2D eigenvalue weighted by Gasteiger charge is 2.24. The van der Waals surface area contributed by atoms with Gasteiger partial charge in [0.2, 0.25) is 0 Å². The van der Waals surface area contributed by atoms with Gasteiger partial charge in [-0.2, -0.15) is 0 Å². The molecule has 3 aromatic rings. The van der Waals surface area contributed by atoms with Gasteiger partial charge >= 0.3 is 0 Å². The fourth-order valence-corrected chi connectivity index (χ4v) is 5.30. The van der Waals surface area contributed by atoms with Crippen LogP contribution in [0.2, 0.25) is 0 Å². The first-order chi connectivity index (χ1) is 14.9. The van der Waals surface area contributed by atoms with Gasteiger partial charge in [0.25, 0.3) is 0 Å². The second kappa shape index (κ2) is 9.21. The molecule has 2 aromatic heterocycles. The number of aryl methyl sites for hydroxylation is 2. The number of aromatic nitrogens is 3. The van der Waals surface area contributed by atoms with Gasteiger partial charge in [-0.15, -0.1) is 11.8 Å². The Hall–Kier alpha value is -2.05. The van der Waals surface area contributed by atoms with Crippen LogP contribution in [0.1, 0.15) is 56.0 Å². The Morgan fingerprint density at radius 3 is 2.55 bits per heavy atom. The molecule has 166 valence electrons. The summed E-state index contributed by atoms with van der Waals surface area (Å²) >= 11 is 1.79. The van der Waals surface area contributed by atoms with Crippen LogP contribution in [0.15, 0.2) is 29.3 Å². The number of aliphatic hydroxyl groups excluding tert-OH is 1. The van der Waals surface area contributed by atoms with Gasteiger partial charge in [0.1, 0.15) is 11.6 Å². The third-order valence-corrected chi connectivity index (χ3v) is 7.28. The number of benzene rings is 1. The smallest absolute Gasteiger partial charge is 0.150 e. The van der Waals surface area contributed by atoms with Crippen LogP contribution in [-0.4, -0.2) is 45.6 Å². The number of hydrogen-bond acceptors (Lipinski definition) is 5. The Balaban J connectivity index is 1.79. The monoisotopic (exact) mass is 438 g/mol.